The Kier molecular flexibility index (Phi) is 2.53. The number of carbonyl (C=O) groups excluding carboxylic acids is 1. The van der Waals surface area contributed by atoms with Crippen LogP contribution in [-0.4, -0.2) is 16.5 Å². The number of ether oxygens (including phenoxy) is 1. The Morgan fingerprint density at radius 1 is 1.46 bits per heavy atom. The van der Waals surface area contributed by atoms with Gasteiger partial charge in [-0.1, -0.05) is 40.8 Å². The lowest BCUT2D eigenvalue weighted by molar-refractivity contribution is 0.0317. The first-order valence-corrected chi connectivity index (χ1v) is 5.68. The zero-order valence-electron chi connectivity index (χ0n) is 7.00. The Morgan fingerprint density at radius 2 is 2.23 bits per heavy atom. The van der Waals surface area contributed by atoms with Gasteiger partial charge >= 0.3 is 5.97 Å². The minimum atomic E-state index is -0.177. The van der Waals surface area contributed by atoms with Crippen LogP contribution in [0.25, 0.3) is 0 Å². The minimum Gasteiger partial charge on any atom is -0.458 e. The average Bonchev–Trinajstić information content (AvgIpc) is 2.18. The highest BCUT2D eigenvalue weighted by Gasteiger charge is 2.24. The lowest BCUT2D eigenvalue weighted by atomic mass is 10.00. The van der Waals surface area contributed by atoms with Crippen LogP contribution in [0.2, 0.25) is 0 Å². The number of esters is 1. The van der Waals surface area contributed by atoms with E-state index in [1.165, 1.54) is 0 Å². The molecule has 0 aliphatic carbocycles. The number of cyclic esters (lactones) is 1. The quantitative estimate of drug-likeness (QED) is 0.450. The van der Waals surface area contributed by atoms with Gasteiger partial charge in [0.2, 0.25) is 0 Å². The number of hydrogen-bond acceptors (Lipinski definition) is 2. The SMILES string of the molecule is O=C1OC(CI)Cc2ccccc21. The van der Waals surface area contributed by atoms with Crippen molar-refractivity contribution in [2.75, 3.05) is 4.43 Å². The standard InChI is InChI=1S/C10H9IO2/c11-6-8-5-7-3-1-2-4-9(7)10(12)13-8/h1-4,8H,5-6H2. The van der Waals surface area contributed by atoms with Crippen LogP contribution < -0.4 is 0 Å². The molecule has 2 rings (SSSR count). The van der Waals surface area contributed by atoms with E-state index in [1.807, 2.05) is 24.3 Å². The van der Waals surface area contributed by atoms with E-state index in [4.69, 9.17) is 4.74 Å². The van der Waals surface area contributed by atoms with Gasteiger partial charge in [0.1, 0.15) is 6.10 Å². The second kappa shape index (κ2) is 3.65. The van der Waals surface area contributed by atoms with Crippen molar-refractivity contribution in [3.63, 3.8) is 0 Å². The molecule has 3 heteroatoms. The predicted octanol–water partition coefficient (Wildman–Crippen LogP) is 2.20. The summed E-state index contributed by atoms with van der Waals surface area (Å²) < 4.78 is 6.07. The monoisotopic (exact) mass is 288 g/mol. The van der Waals surface area contributed by atoms with E-state index < -0.39 is 0 Å². The number of rotatable bonds is 1. The van der Waals surface area contributed by atoms with Crippen LogP contribution in [0.15, 0.2) is 24.3 Å². The molecule has 0 aromatic heterocycles. The number of benzene rings is 1. The fourth-order valence-electron chi connectivity index (χ4n) is 1.49. The molecule has 0 fully saturated rings. The lowest BCUT2D eigenvalue weighted by Crippen LogP contribution is -2.28. The highest BCUT2D eigenvalue weighted by atomic mass is 127. The first-order valence-electron chi connectivity index (χ1n) is 4.16. The summed E-state index contributed by atoms with van der Waals surface area (Å²) in [6.07, 6.45) is 0.910. The molecule has 1 aromatic rings. The number of fused-ring (bicyclic) bond motifs is 1. The van der Waals surface area contributed by atoms with Crippen molar-refractivity contribution < 1.29 is 9.53 Å². The predicted molar refractivity (Wildman–Crippen MR) is 58.2 cm³/mol. The smallest absolute Gasteiger partial charge is 0.338 e. The van der Waals surface area contributed by atoms with E-state index in [1.54, 1.807) is 0 Å². The molecule has 1 aromatic carbocycles. The molecule has 0 amide bonds. The number of halogens is 1. The zero-order chi connectivity index (χ0) is 9.26. The third kappa shape index (κ3) is 1.70. The van der Waals surface area contributed by atoms with Crippen molar-refractivity contribution in [1.82, 2.24) is 0 Å². The van der Waals surface area contributed by atoms with Crippen molar-refractivity contribution in [2.45, 2.75) is 12.5 Å². The van der Waals surface area contributed by atoms with Crippen molar-refractivity contribution in [1.29, 1.82) is 0 Å². The summed E-state index contributed by atoms with van der Waals surface area (Å²) in [4.78, 5) is 11.4. The molecule has 1 unspecified atom stereocenters. The van der Waals surface area contributed by atoms with Crippen LogP contribution >= 0.6 is 22.6 Å². The lowest BCUT2D eigenvalue weighted by Gasteiger charge is -2.22. The van der Waals surface area contributed by atoms with Gasteiger partial charge in [-0.2, -0.15) is 0 Å². The summed E-state index contributed by atoms with van der Waals surface area (Å²) in [5.74, 6) is -0.177. The molecule has 13 heavy (non-hydrogen) atoms. The van der Waals surface area contributed by atoms with Crippen molar-refractivity contribution in [3.05, 3.63) is 35.4 Å². The van der Waals surface area contributed by atoms with E-state index in [0.717, 1.165) is 22.0 Å². The maximum Gasteiger partial charge on any atom is 0.338 e. The van der Waals surface area contributed by atoms with Gasteiger partial charge in [-0.3, -0.25) is 0 Å². The molecular formula is C10H9IO2. The second-order valence-corrected chi connectivity index (χ2v) is 3.92. The van der Waals surface area contributed by atoms with E-state index in [9.17, 15) is 4.79 Å². The molecule has 68 valence electrons. The summed E-state index contributed by atoms with van der Waals surface area (Å²) in [5, 5.41) is 0. The summed E-state index contributed by atoms with van der Waals surface area (Å²) >= 11 is 2.24. The van der Waals surface area contributed by atoms with Crippen molar-refractivity contribution in [2.24, 2.45) is 0 Å². The van der Waals surface area contributed by atoms with Gasteiger partial charge in [0.05, 0.1) is 5.56 Å². The van der Waals surface area contributed by atoms with E-state index in [0.29, 0.717) is 0 Å². The fourth-order valence-corrected chi connectivity index (χ4v) is 1.98. The van der Waals surface area contributed by atoms with Crippen LogP contribution in [0.5, 0.6) is 0 Å². The van der Waals surface area contributed by atoms with Crippen molar-refractivity contribution >= 4 is 28.6 Å². The molecule has 0 spiro atoms. The molecule has 0 saturated heterocycles. The maximum absolute atomic E-state index is 11.4. The Balaban J connectivity index is 2.37. The average molecular weight is 288 g/mol. The minimum absolute atomic E-state index is 0.0583. The van der Waals surface area contributed by atoms with Gasteiger partial charge in [-0.05, 0) is 11.6 Å². The molecule has 1 heterocycles. The van der Waals surface area contributed by atoms with Crippen LogP contribution in [0.1, 0.15) is 15.9 Å². The van der Waals surface area contributed by atoms with Gasteiger partial charge in [0.15, 0.2) is 0 Å². The third-order valence-corrected chi connectivity index (χ3v) is 3.11. The zero-order valence-corrected chi connectivity index (χ0v) is 9.15. The van der Waals surface area contributed by atoms with Gasteiger partial charge in [0, 0.05) is 10.8 Å². The molecule has 1 aliphatic heterocycles. The Bertz CT molecular complexity index is 335. The Morgan fingerprint density at radius 3 is 3.00 bits per heavy atom. The Labute approximate surface area is 90.4 Å². The molecular weight excluding hydrogens is 279 g/mol. The molecule has 0 bridgehead atoms. The normalized spacial score (nSPS) is 20.7. The van der Waals surface area contributed by atoms with Crippen molar-refractivity contribution in [3.8, 4) is 0 Å². The Hall–Kier alpha value is -0.580. The summed E-state index contributed by atoms with van der Waals surface area (Å²) in [7, 11) is 0. The number of alkyl halides is 1. The topological polar surface area (TPSA) is 26.3 Å². The van der Waals surface area contributed by atoms with Gasteiger partial charge in [-0.25, -0.2) is 4.79 Å². The highest BCUT2D eigenvalue weighted by molar-refractivity contribution is 14.1. The van der Waals surface area contributed by atoms with E-state index in [2.05, 4.69) is 22.6 Å². The molecule has 0 radical (unpaired) electrons. The highest BCUT2D eigenvalue weighted by Crippen LogP contribution is 2.21. The first-order chi connectivity index (χ1) is 6.31. The fraction of sp³-hybridized carbons (Fsp3) is 0.300. The number of hydrogen-bond donors (Lipinski definition) is 0. The first kappa shape index (κ1) is 8.99. The molecule has 0 saturated carbocycles. The molecule has 2 nitrogen and oxygen atoms in total. The van der Waals surface area contributed by atoms with Crippen LogP contribution in [0, 0.1) is 0 Å². The van der Waals surface area contributed by atoms with Gasteiger partial charge in [0.25, 0.3) is 0 Å². The largest absolute Gasteiger partial charge is 0.458 e. The van der Waals surface area contributed by atoms with Crippen LogP contribution in [0.4, 0.5) is 0 Å². The summed E-state index contributed by atoms with van der Waals surface area (Å²) in [6.45, 7) is 0. The maximum atomic E-state index is 11.4. The third-order valence-electron chi connectivity index (χ3n) is 2.13. The van der Waals surface area contributed by atoms with E-state index >= 15 is 0 Å². The second-order valence-electron chi connectivity index (χ2n) is 3.04. The molecule has 1 aliphatic rings. The summed E-state index contributed by atoms with van der Waals surface area (Å²) in [5.41, 5.74) is 1.84. The molecule has 1 atom stereocenters. The summed E-state index contributed by atoms with van der Waals surface area (Å²) in [6, 6.07) is 7.64. The number of carbonyl (C=O) groups is 1. The molecule has 0 N–H and O–H groups in total. The van der Waals surface area contributed by atoms with Gasteiger partial charge in [-0.15, -0.1) is 0 Å². The van der Waals surface area contributed by atoms with E-state index in [-0.39, 0.29) is 12.1 Å². The van der Waals surface area contributed by atoms with Gasteiger partial charge < -0.3 is 4.74 Å². The van der Waals surface area contributed by atoms with Crippen LogP contribution in [0.3, 0.4) is 0 Å². The van der Waals surface area contributed by atoms with Crippen LogP contribution in [-0.2, 0) is 11.2 Å².